The van der Waals surface area contributed by atoms with Gasteiger partial charge in [-0.1, -0.05) is 48.5 Å². The van der Waals surface area contributed by atoms with Crippen molar-refractivity contribution in [2.24, 2.45) is 0 Å². The van der Waals surface area contributed by atoms with Crippen molar-refractivity contribution >= 4 is 16.7 Å². The molecule has 2 atom stereocenters. The molecule has 4 nitrogen and oxygen atoms in total. The third kappa shape index (κ3) is 4.20. The fourth-order valence-electron chi connectivity index (χ4n) is 2.56. The van der Waals surface area contributed by atoms with Crippen LogP contribution in [0.2, 0.25) is 0 Å². The number of amides is 1. The summed E-state index contributed by atoms with van der Waals surface area (Å²) in [7, 11) is -0.984. The summed E-state index contributed by atoms with van der Waals surface area (Å²) in [5, 5.41) is 2.82. The molecule has 0 aliphatic carbocycles. The van der Waals surface area contributed by atoms with E-state index >= 15 is 0 Å². The molecule has 3 rings (SSSR count). The van der Waals surface area contributed by atoms with Crippen molar-refractivity contribution in [1.82, 2.24) is 5.32 Å². The maximum atomic E-state index is 12.1. The number of fused-ring (bicyclic) bond motifs is 1. The van der Waals surface area contributed by atoms with Gasteiger partial charge in [-0.05, 0) is 17.2 Å². The van der Waals surface area contributed by atoms with Crippen LogP contribution in [0.15, 0.2) is 54.6 Å². The van der Waals surface area contributed by atoms with Gasteiger partial charge in [-0.2, -0.15) is 0 Å². The van der Waals surface area contributed by atoms with Crippen molar-refractivity contribution < 1.29 is 13.7 Å². The lowest BCUT2D eigenvalue weighted by molar-refractivity contribution is -0.127. The molecule has 0 aromatic heterocycles. The molecule has 5 heteroatoms. The van der Waals surface area contributed by atoms with Crippen molar-refractivity contribution in [1.29, 1.82) is 0 Å². The van der Waals surface area contributed by atoms with Crippen molar-refractivity contribution in [2.75, 3.05) is 12.3 Å². The van der Waals surface area contributed by atoms with Gasteiger partial charge in [0.05, 0.1) is 0 Å². The summed E-state index contributed by atoms with van der Waals surface area (Å²) in [6.45, 7) is 0.397. The van der Waals surface area contributed by atoms with Crippen LogP contribution in [-0.4, -0.2) is 28.5 Å². The third-order valence-corrected chi connectivity index (χ3v) is 5.05. The molecule has 0 spiro atoms. The average molecular weight is 329 g/mol. The smallest absolute Gasteiger partial charge is 0.261 e. The zero-order valence-electron chi connectivity index (χ0n) is 12.7. The molecule has 1 aliphatic rings. The summed E-state index contributed by atoms with van der Waals surface area (Å²) < 4.78 is 17.7. The Morgan fingerprint density at radius 1 is 1.13 bits per heavy atom. The van der Waals surface area contributed by atoms with Crippen LogP contribution in [0, 0.1) is 0 Å². The molecule has 1 N–H and O–H groups in total. The number of carbonyl (C=O) groups excluding carboxylic acids is 1. The predicted molar refractivity (Wildman–Crippen MR) is 90.7 cm³/mol. The molecular weight excluding hydrogens is 310 g/mol. The Morgan fingerprint density at radius 2 is 1.87 bits per heavy atom. The Hall–Kier alpha value is -2.14. The van der Waals surface area contributed by atoms with Crippen molar-refractivity contribution in [2.45, 2.75) is 18.3 Å². The number of hydrogen-bond acceptors (Lipinski definition) is 3. The van der Waals surface area contributed by atoms with Crippen LogP contribution in [0.3, 0.4) is 0 Å². The molecule has 0 unspecified atom stereocenters. The van der Waals surface area contributed by atoms with Gasteiger partial charge in [0.15, 0.2) is 6.10 Å². The van der Waals surface area contributed by atoms with E-state index in [1.54, 1.807) is 0 Å². The highest BCUT2D eigenvalue weighted by Crippen LogP contribution is 2.27. The minimum Gasteiger partial charge on any atom is -0.480 e. The molecule has 1 heterocycles. The lowest BCUT2D eigenvalue weighted by Gasteiger charge is -2.11. The summed E-state index contributed by atoms with van der Waals surface area (Å²) in [6, 6.07) is 17.4. The van der Waals surface area contributed by atoms with Gasteiger partial charge >= 0.3 is 0 Å². The topological polar surface area (TPSA) is 55.4 Å². The molecule has 0 bridgehead atoms. The SMILES string of the molecule is O=C(NCC[S@@](=O)Cc1ccccc1)[C@@H]1Cc2ccccc2O1. The van der Waals surface area contributed by atoms with Crippen LogP contribution in [0.1, 0.15) is 11.1 Å². The van der Waals surface area contributed by atoms with E-state index < -0.39 is 16.9 Å². The minimum atomic E-state index is -0.984. The molecule has 1 amide bonds. The summed E-state index contributed by atoms with van der Waals surface area (Å²) in [6.07, 6.45) is 0.115. The Labute approximate surface area is 138 Å². The maximum absolute atomic E-state index is 12.1. The molecule has 120 valence electrons. The van der Waals surface area contributed by atoms with Crippen molar-refractivity contribution in [3.8, 4) is 5.75 Å². The average Bonchev–Trinajstić information content (AvgIpc) is 3.00. The standard InChI is InChI=1S/C18H19NO3S/c20-18(17-12-15-8-4-5-9-16(15)22-17)19-10-11-23(21)13-14-6-2-1-3-7-14/h1-9,17H,10-13H2,(H,19,20)/t17-,23+/m0/s1. The van der Waals surface area contributed by atoms with Crippen LogP contribution in [0.5, 0.6) is 5.75 Å². The van der Waals surface area contributed by atoms with Crippen LogP contribution >= 0.6 is 0 Å². The first-order valence-electron chi connectivity index (χ1n) is 7.63. The Bertz CT molecular complexity index is 677. The lowest BCUT2D eigenvalue weighted by atomic mass is 10.1. The number of rotatable bonds is 6. The summed E-state index contributed by atoms with van der Waals surface area (Å²) >= 11 is 0. The van der Waals surface area contributed by atoms with E-state index in [0.717, 1.165) is 16.9 Å². The maximum Gasteiger partial charge on any atom is 0.261 e. The molecule has 0 radical (unpaired) electrons. The molecule has 0 fully saturated rings. The van der Waals surface area contributed by atoms with Gasteiger partial charge in [0.1, 0.15) is 5.75 Å². The van der Waals surface area contributed by atoms with Crippen LogP contribution in [0.25, 0.3) is 0 Å². The first kappa shape index (κ1) is 15.7. The van der Waals surface area contributed by atoms with Crippen molar-refractivity contribution in [3.05, 3.63) is 65.7 Å². The van der Waals surface area contributed by atoms with Gasteiger partial charge in [0.2, 0.25) is 0 Å². The Balaban J connectivity index is 1.41. The predicted octanol–water partition coefficient (Wildman–Crippen LogP) is 2.06. The second-order valence-electron chi connectivity index (χ2n) is 5.48. The fraction of sp³-hybridized carbons (Fsp3) is 0.278. The zero-order valence-corrected chi connectivity index (χ0v) is 13.6. The van der Waals surface area contributed by atoms with Gasteiger partial charge < -0.3 is 10.1 Å². The summed E-state index contributed by atoms with van der Waals surface area (Å²) in [5.74, 6) is 1.60. The van der Waals surface area contributed by atoms with E-state index in [1.807, 2.05) is 54.6 Å². The normalized spacial score (nSPS) is 17.1. The second-order valence-corrected chi connectivity index (χ2v) is 7.06. The van der Waals surface area contributed by atoms with Gasteiger partial charge in [0, 0.05) is 35.3 Å². The quantitative estimate of drug-likeness (QED) is 0.882. The van der Waals surface area contributed by atoms with Crippen LogP contribution in [0.4, 0.5) is 0 Å². The molecule has 2 aromatic rings. The largest absolute Gasteiger partial charge is 0.480 e. The zero-order chi connectivity index (χ0) is 16.1. The molecule has 1 aliphatic heterocycles. The van der Waals surface area contributed by atoms with Gasteiger partial charge in [-0.15, -0.1) is 0 Å². The molecule has 2 aromatic carbocycles. The lowest BCUT2D eigenvalue weighted by Crippen LogP contribution is -2.39. The fourth-order valence-corrected chi connectivity index (χ4v) is 3.60. The number of hydrogen-bond donors (Lipinski definition) is 1. The minimum absolute atomic E-state index is 0.141. The van der Waals surface area contributed by atoms with E-state index in [0.29, 0.717) is 24.5 Å². The highest BCUT2D eigenvalue weighted by Gasteiger charge is 2.28. The van der Waals surface area contributed by atoms with E-state index in [9.17, 15) is 9.00 Å². The Kier molecular flexibility index (Phi) is 5.08. The van der Waals surface area contributed by atoms with Crippen LogP contribution in [-0.2, 0) is 27.8 Å². The molecule has 0 saturated carbocycles. The number of nitrogens with one attached hydrogen (secondary N) is 1. The summed E-state index contributed by atoms with van der Waals surface area (Å²) in [5.41, 5.74) is 2.10. The van der Waals surface area contributed by atoms with Crippen LogP contribution < -0.4 is 10.1 Å². The van der Waals surface area contributed by atoms with E-state index in [4.69, 9.17) is 4.74 Å². The molecule has 23 heavy (non-hydrogen) atoms. The number of ether oxygens (including phenoxy) is 1. The first-order valence-corrected chi connectivity index (χ1v) is 9.12. The number of benzene rings is 2. The van der Waals surface area contributed by atoms with E-state index in [2.05, 4.69) is 5.32 Å². The monoisotopic (exact) mass is 329 g/mol. The molecule has 0 saturated heterocycles. The molecular formula is C18H19NO3S. The van der Waals surface area contributed by atoms with Crippen molar-refractivity contribution in [3.63, 3.8) is 0 Å². The highest BCUT2D eigenvalue weighted by molar-refractivity contribution is 7.84. The first-order chi connectivity index (χ1) is 11.2. The van der Waals surface area contributed by atoms with Gasteiger partial charge in [0.25, 0.3) is 5.91 Å². The van der Waals surface area contributed by atoms with E-state index in [1.165, 1.54) is 0 Å². The third-order valence-electron chi connectivity index (χ3n) is 3.74. The number of para-hydroxylation sites is 1. The second kappa shape index (κ2) is 7.42. The highest BCUT2D eigenvalue weighted by atomic mass is 32.2. The van der Waals surface area contributed by atoms with Gasteiger partial charge in [-0.25, -0.2) is 0 Å². The van der Waals surface area contributed by atoms with Gasteiger partial charge in [-0.3, -0.25) is 9.00 Å². The van der Waals surface area contributed by atoms with E-state index in [-0.39, 0.29) is 5.91 Å². The number of carbonyl (C=O) groups is 1. The summed E-state index contributed by atoms with van der Waals surface area (Å²) in [4.78, 5) is 12.1. The Morgan fingerprint density at radius 3 is 2.65 bits per heavy atom.